The molecule has 0 saturated heterocycles. The summed E-state index contributed by atoms with van der Waals surface area (Å²) in [6, 6.07) is 0. The smallest absolute Gasteiger partial charge is 0.158 e. The van der Waals surface area contributed by atoms with Crippen LogP contribution in [0.15, 0.2) is 36.5 Å². The highest BCUT2D eigenvalue weighted by molar-refractivity contribution is 5.83. The predicted molar refractivity (Wildman–Crippen MR) is 106 cm³/mol. The van der Waals surface area contributed by atoms with Crippen LogP contribution in [0.25, 0.3) is 0 Å². The van der Waals surface area contributed by atoms with Gasteiger partial charge in [0.2, 0.25) is 0 Å². The molecule has 3 atom stereocenters. The first-order valence-electron chi connectivity index (χ1n) is 10.0. The molecule has 0 radical (unpaired) electrons. The maximum absolute atomic E-state index is 12.1. The van der Waals surface area contributed by atoms with Crippen molar-refractivity contribution in [3.63, 3.8) is 0 Å². The molecule has 0 aromatic carbocycles. The van der Waals surface area contributed by atoms with Crippen molar-refractivity contribution in [2.24, 2.45) is 11.8 Å². The average Bonchev–Trinajstić information content (AvgIpc) is 3.01. The summed E-state index contributed by atoms with van der Waals surface area (Å²) in [5, 5.41) is 27.3. The Morgan fingerprint density at radius 2 is 1.89 bits per heavy atom. The second-order valence-corrected chi connectivity index (χ2v) is 7.10. The van der Waals surface area contributed by atoms with Crippen LogP contribution in [0.5, 0.6) is 0 Å². The number of allylic oxidation sites excluding steroid dienone is 4. The molecule has 5 nitrogen and oxygen atoms in total. The SMILES string of the molecule is O=C(CO)CCCC=CC[C@H]1C(=O)CC[C@@H]1C=CCC(O)C=CCCCO. The summed E-state index contributed by atoms with van der Waals surface area (Å²) in [5.74, 6) is 0.400. The number of Topliss-reactive ketones (excluding diaryl/α,β-unsaturated/α-hetero) is 2. The van der Waals surface area contributed by atoms with E-state index in [2.05, 4.69) is 6.08 Å². The van der Waals surface area contributed by atoms with Gasteiger partial charge in [0, 0.05) is 25.4 Å². The third kappa shape index (κ3) is 10.4. The number of unbranched alkanes of at least 4 members (excludes halogenated alkanes) is 2. The number of ketones is 2. The first-order valence-corrected chi connectivity index (χ1v) is 10.0. The summed E-state index contributed by atoms with van der Waals surface area (Å²) >= 11 is 0. The van der Waals surface area contributed by atoms with Crippen molar-refractivity contribution in [3.05, 3.63) is 36.5 Å². The highest BCUT2D eigenvalue weighted by Gasteiger charge is 2.31. The van der Waals surface area contributed by atoms with Crippen LogP contribution in [-0.4, -0.2) is 46.2 Å². The van der Waals surface area contributed by atoms with Crippen LogP contribution in [0.4, 0.5) is 0 Å². The third-order valence-electron chi connectivity index (χ3n) is 4.86. The van der Waals surface area contributed by atoms with E-state index in [1.165, 1.54) is 0 Å². The molecular weight excluding hydrogens is 344 g/mol. The van der Waals surface area contributed by atoms with Crippen LogP contribution in [0, 0.1) is 11.8 Å². The molecule has 1 saturated carbocycles. The lowest BCUT2D eigenvalue weighted by atomic mass is 9.91. The van der Waals surface area contributed by atoms with Gasteiger partial charge in [0.05, 0.1) is 6.10 Å². The largest absolute Gasteiger partial charge is 0.396 e. The van der Waals surface area contributed by atoms with Crippen molar-refractivity contribution in [1.29, 1.82) is 0 Å². The lowest BCUT2D eigenvalue weighted by Gasteiger charge is -2.13. The molecule has 1 aliphatic rings. The average molecular weight is 379 g/mol. The zero-order valence-corrected chi connectivity index (χ0v) is 16.1. The molecule has 1 rings (SSSR count). The van der Waals surface area contributed by atoms with E-state index in [4.69, 9.17) is 10.2 Å². The van der Waals surface area contributed by atoms with Gasteiger partial charge in [-0.1, -0.05) is 36.5 Å². The number of aliphatic hydroxyl groups is 3. The number of hydrogen-bond donors (Lipinski definition) is 3. The molecule has 3 N–H and O–H groups in total. The Morgan fingerprint density at radius 3 is 2.63 bits per heavy atom. The Labute approximate surface area is 162 Å². The molecule has 27 heavy (non-hydrogen) atoms. The molecule has 1 aliphatic carbocycles. The minimum atomic E-state index is -0.531. The number of rotatable bonds is 14. The summed E-state index contributed by atoms with van der Waals surface area (Å²) in [6.45, 7) is -0.228. The molecule has 0 aromatic rings. The van der Waals surface area contributed by atoms with Gasteiger partial charge in [-0.25, -0.2) is 0 Å². The standard InChI is InChI=1S/C22H34O5/c23-16-7-3-5-10-19(25)12-8-9-18-14-15-22(27)21(18)13-6-2-1-4-11-20(26)17-24/h2,5-6,8-10,18-19,21,23-25H,1,3-4,7,11-17H2/t18-,19?,21+/m0/s1. The molecule has 1 unspecified atom stereocenters. The Bertz CT molecular complexity index is 521. The van der Waals surface area contributed by atoms with E-state index < -0.39 is 6.10 Å². The number of carbonyl (C=O) groups excluding carboxylic acids is 2. The Morgan fingerprint density at radius 1 is 1.11 bits per heavy atom. The molecule has 0 spiro atoms. The molecule has 0 heterocycles. The van der Waals surface area contributed by atoms with E-state index in [1.807, 2.05) is 24.3 Å². The van der Waals surface area contributed by atoms with Crippen LogP contribution in [0.1, 0.15) is 57.8 Å². The topological polar surface area (TPSA) is 94.8 Å². The Hall–Kier alpha value is -1.56. The van der Waals surface area contributed by atoms with E-state index in [1.54, 1.807) is 6.08 Å². The normalized spacial score (nSPS) is 21.8. The summed E-state index contributed by atoms with van der Waals surface area (Å²) in [4.78, 5) is 23.1. The van der Waals surface area contributed by atoms with Gasteiger partial charge in [-0.3, -0.25) is 9.59 Å². The molecule has 1 fully saturated rings. The lowest BCUT2D eigenvalue weighted by molar-refractivity contribution is -0.122. The van der Waals surface area contributed by atoms with Crippen LogP contribution in [0.2, 0.25) is 0 Å². The van der Waals surface area contributed by atoms with E-state index in [0.717, 1.165) is 25.7 Å². The second kappa shape index (κ2) is 14.5. The van der Waals surface area contributed by atoms with Gasteiger partial charge in [0.1, 0.15) is 12.4 Å². The van der Waals surface area contributed by atoms with Crippen LogP contribution in [0.3, 0.4) is 0 Å². The lowest BCUT2D eigenvalue weighted by Crippen LogP contribution is -2.12. The van der Waals surface area contributed by atoms with E-state index in [0.29, 0.717) is 37.9 Å². The van der Waals surface area contributed by atoms with Gasteiger partial charge in [-0.2, -0.15) is 0 Å². The van der Waals surface area contributed by atoms with Crippen molar-refractivity contribution in [1.82, 2.24) is 0 Å². The third-order valence-corrected chi connectivity index (χ3v) is 4.86. The molecule has 0 aromatic heterocycles. The van der Waals surface area contributed by atoms with E-state index in [9.17, 15) is 14.7 Å². The first kappa shape index (κ1) is 23.5. The quantitative estimate of drug-likeness (QED) is 0.319. The fraction of sp³-hybridized carbons (Fsp3) is 0.636. The fourth-order valence-corrected chi connectivity index (χ4v) is 3.26. The minimum absolute atomic E-state index is 0.00816. The number of carbonyl (C=O) groups is 2. The van der Waals surface area contributed by atoms with Gasteiger partial charge >= 0.3 is 0 Å². The molecule has 5 heteroatoms. The molecule has 152 valence electrons. The van der Waals surface area contributed by atoms with Crippen molar-refractivity contribution < 1.29 is 24.9 Å². The predicted octanol–water partition coefficient (Wildman–Crippen LogP) is 2.90. The Kier molecular flexibility index (Phi) is 12.6. The highest BCUT2D eigenvalue weighted by Crippen LogP contribution is 2.32. The van der Waals surface area contributed by atoms with Crippen molar-refractivity contribution in [3.8, 4) is 0 Å². The second-order valence-electron chi connectivity index (χ2n) is 7.10. The van der Waals surface area contributed by atoms with Crippen LogP contribution >= 0.6 is 0 Å². The van der Waals surface area contributed by atoms with Gasteiger partial charge < -0.3 is 15.3 Å². The fourth-order valence-electron chi connectivity index (χ4n) is 3.26. The Balaban J connectivity index is 2.34. The van der Waals surface area contributed by atoms with Gasteiger partial charge in [-0.05, 0) is 50.9 Å². The maximum Gasteiger partial charge on any atom is 0.158 e. The van der Waals surface area contributed by atoms with E-state index in [-0.39, 0.29) is 30.8 Å². The van der Waals surface area contributed by atoms with Gasteiger partial charge in [0.25, 0.3) is 0 Å². The van der Waals surface area contributed by atoms with Crippen LogP contribution < -0.4 is 0 Å². The zero-order valence-electron chi connectivity index (χ0n) is 16.1. The molecule has 0 aliphatic heterocycles. The summed E-state index contributed by atoms with van der Waals surface area (Å²) < 4.78 is 0. The molecule has 0 bridgehead atoms. The van der Waals surface area contributed by atoms with Gasteiger partial charge in [0.15, 0.2) is 5.78 Å². The number of hydrogen-bond acceptors (Lipinski definition) is 5. The number of aliphatic hydroxyl groups excluding tert-OH is 3. The summed E-state index contributed by atoms with van der Waals surface area (Å²) in [5.41, 5.74) is 0. The van der Waals surface area contributed by atoms with Gasteiger partial charge in [-0.15, -0.1) is 0 Å². The minimum Gasteiger partial charge on any atom is -0.396 e. The summed E-state index contributed by atoms with van der Waals surface area (Å²) in [6.07, 6.45) is 17.2. The van der Waals surface area contributed by atoms with Crippen LogP contribution in [-0.2, 0) is 9.59 Å². The first-order chi connectivity index (χ1) is 13.1. The van der Waals surface area contributed by atoms with E-state index >= 15 is 0 Å². The van der Waals surface area contributed by atoms with Crippen molar-refractivity contribution in [2.75, 3.05) is 13.2 Å². The maximum atomic E-state index is 12.1. The van der Waals surface area contributed by atoms with Crippen molar-refractivity contribution >= 4 is 11.6 Å². The highest BCUT2D eigenvalue weighted by atomic mass is 16.3. The monoisotopic (exact) mass is 378 g/mol. The molecule has 0 amide bonds. The summed E-state index contributed by atoms with van der Waals surface area (Å²) in [7, 11) is 0. The van der Waals surface area contributed by atoms with Crippen molar-refractivity contribution in [2.45, 2.75) is 63.9 Å². The molecular formula is C22H34O5. The zero-order chi connectivity index (χ0) is 19.9.